The standard InChI is InChI=1S/C21H22N4S/c1-2-4-18(5-3-1)19-8-10-24(16-19)21-25(12-13-26-21)15-17-6-7-20-22-9-11-23(20)14-17/h1-7,9,11-14,19,21H,8,10,15-16H2. The second kappa shape index (κ2) is 6.82. The molecule has 0 aliphatic carbocycles. The SMILES string of the molecule is C1=CN(Cc2ccc3nccn3c2)C(N2CCC(c3ccccc3)C2)S1. The van der Waals surface area contributed by atoms with E-state index in [1.54, 1.807) is 0 Å². The minimum Gasteiger partial charge on any atom is -0.348 e. The summed E-state index contributed by atoms with van der Waals surface area (Å²) in [7, 11) is 0. The molecule has 0 bridgehead atoms. The number of likely N-dealkylation sites (tertiary alicyclic amines) is 1. The summed E-state index contributed by atoms with van der Waals surface area (Å²) in [5.41, 5.74) is 4.19. The van der Waals surface area contributed by atoms with Gasteiger partial charge in [0.05, 0.1) is 0 Å². The summed E-state index contributed by atoms with van der Waals surface area (Å²) < 4.78 is 2.10. The van der Waals surface area contributed by atoms with Gasteiger partial charge >= 0.3 is 0 Å². The molecule has 26 heavy (non-hydrogen) atoms. The molecule has 5 rings (SSSR count). The lowest BCUT2D eigenvalue weighted by Crippen LogP contribution is -2.40. The van der Waals surface area contributed by atoms with Crippen molar-refractivity contribution in [3.05, 3.63) is 83.8 Å². The van der Waals surface area contributed by atoms with E-state index in [1.807, 2.05) is 24.2 Å². The number of hydrogen-bond acceptors (Lipinski definition) is 4. The zero-order valence-corrected chi connectivity index (χ0v) is 15.4. The van der Waals surface area contributed by atoms with Crippen LogP contribution >= 0.6 is 11.8 Å². The first kappa shape index (κ1) is 16.0. The highest BCUT2D eigenvalue weighted by atomic mass is 32.2. The van der Waals surface area contributed by atoms with Gasteiger partial charge in [0, 0.05) is 44.4 Å². The van der Waals surface area contributed by atoms with Crippen molar-refractivity contribution >= 4 is 17.4 Å². The van der Waals surface area contributed by atoms with Crippen LogP contribution in [0.5, 0.6) is 0 Å². The first-order valence-electron chi connectivity index (χ1n) is 9.15. The number of imidazole rings is 1. The van der Waals surface area contributed by atoms with Gasteiger partial charge in [-0.1, -0.05) is 48.2 Å². The van der Waals surface area contributed by atoms with Crippen molar-refractivity contribution in [2.45, 2.75) is 24.4 Å². The molecule has 0 N–H and O–H groups in total. The van der Waals surface area contributed by atoms with Crippen molar-refractivity contribution in [1.29, 1.82) is 0 Å². The second-order valence-electron chi connectivity index (χ2n) is 7.04. The van der Waals surface area contributed by atoms with Crippen LogP contribution < -0.4 is 0 Å². The maximum absolute atomic E-state index is 4.33. The maximum atomic E-state index is 4.33. The first-order valence-corrected chi connectivity index (χ1v) is 10.1. The Balaban J connectivity index is 1.29. The third kappa shape index (κ3) is 3.02. The monoisotopic (exact) mass is 362 g/mol. The molecule has 2 aromatic heterocycles. The molecule has 2 unspecified atom stereocenters. The van der Waals surface area contributed by atoms with Crippen LogP contribution in [-0.2, 0) is 6.54 Å². The zero-order valence-electron chi connectivity index (χ0n) is 14.6. The van der Waals surface area contributed by atoms with Crippen LogP contribution in [0.1, 0.15) is 23.5 Å². The maximum Gasteiger partial charge on any atom is 0.136 e. The van der Waals surface area contributed by atoms with Crippen LogP contribution in [0, 0.1) is 0 Å². The van der Waals surface area contributed by atoms with Crippen molar-refractivity contribution < 1.29 is 0 Å². The molecule has 0 amide bonds. The van der Waals surface area contributed by atoms with Gasteiger partial charge in [-0.3, -0.25) is 4.90 Å². The Labute approximate surface area is 158 Å². The quantitative estimate of drug-likeness (QED) is 0.696. The van der Waals surface area contributed by atoms with Crippen LogP contribution in [0.25, 0.3) is 5.65 Å². The molecular formula is C21H22N4S. The highest BCUT2D eigenvalue weighted by Crippen LogP contribution is 2.36. The van der Waals surface area contributed by atoms with E-state index in [-0.39, 0.29) is 0 Å². The van der Waals surface area contributed by atoms with Gasteiger partial charge in [0.2, 0.25) is 0 Å². The molecular weight excluding hydrogens is 340 g/mol. The summed E-state index contributed by atoms with van der Waals surface area (Å²) in [5.74, 6) is 0.654. The van der Waals surface area contributed by atoms with Crippen molar-refractivity contribution in [2.75, 3.05) is 13.1 Å². The lowest BCUT2D eigenvalue weighted by molar-refractivity contribution is 0.170. The van der Waals surface area contributed by atoms with Gasteiger partial charge in [0.15, 0.2) is 0 Å². The molecule has 1 aromatic carbocycles. The number of nitrogens with zero attached hydrogens (tertiary/aromatic N) is 4. The van der Waals surface area contributed by atoms with E-state index in [9.17, 15) is 0 Å². The number of pyridine rings is 1. The largest absolute Gasteiger partial charge is 0.348 e. The molecule has 4 nitrogen and oxygen atoms in total. The summed E-state index contributed by atoms with van der Waals surface area (Å²) >= 11 is 1.92. The first-order chi connectivity index (χ1) is 12.9. The Morgan fingerprint density at radius 2 is 2.04 bits per heavy atom. The molecule has 0 radical (unpaired) electrons. The molecule has 4 heterocycles. The molecule has 0 saturated carbocycles. The Morgan fingerprint density at radius 1 is 1.12 bits per heavy atom. The van der Waals surface area contributed by atoms with Gasteiger partial charge in [-0.05, 0) is 34.9 Å². The van der Waals surface area contributed by atoms with Gasteiger partial charge in [-0.25, -0.2) is 4.98 Å². The van der Waals surface area contributed by atoms with E-state index in [1.165, 1.54) is 17.5 Å². The van der Waals surface area contributed by atoms with Crippen LogP contribution in [-0.4, -0.2) is 37.8 Å². The lowest BCUT2D eigenvalue weighted by Gasteiger charge is -2.32. The number of thioether (sulfide) groups is 1. The average molecular weight is 363 g/mol. The summed E-state index contributed by atoms with van der Waals surface area (Å²) in [6, 6.07) is 15.2. The number of aromatic nitrogens is 2. The van der Waals surface area contributed by atoms with E-state index >= 15 is 0 Å². The van der Waals surface area contributed by atoms with E-state index in [2.05, 4.69) is 79.5 Å². The molecule has 1 fully saturated rings. The highest BCUT2D eigenvalue weighted by Gasteiger charge is 2.33. The summed E-state index contributed by atoms with van der Waals surface area (Å²) in [6.07, 6.45) is 9.53. The predicted octanol–water partition coefficient (Wildman–Crippen LogP) is 4.13. The normalized spacial score (nSPS) is 23.3. The van der Waals surface area contributed by atoms with E-state index in [0.717, 1.165) is 25.3 Å². The van der Waals surface area contributed by atoms with Crippen molar-refractivity contribution in [3.8, 4) is 0 Å². The van der Waals surface area contributed by atoms with E-state index < -0.39 is 0 Å². The smallest absolute Gasteiger partial charge is 0.136 e. The fourth-order valence-corrected chi connectivity index (χ4v) is 5.05. The summed E-state index contributed by atoms with van der Waals surface area (Å²) in [6.45, 7) is 3.23. The average Bonchev–Trinajstić information content (AvgIpc) is 3.42. The fraction of sp³-hybridized carbons (Fsp3) is 0.286. The third-order valence-electron chi connectivity index (χ3n) is 5.35. The number of rotatable bonds is 4. The van der Waals surface area contributed by atoms with Crippen LogP contribution in [0.2, 0.25) is 0 Å². The van der Waals surface area contributed by atoms with Crippen molar-refractivity contribution in [3.63, 3.8) is 0 Å². The van der Waals surface area contributed by atoms with Gasteiger partial charge < -0.3 is 9.30 Å². The number of benzene rings is 1. The molecule has 2 aliphatic rings. The molecule has 3 aromatic rings. The minimum atomic E-state index is 0.405. The predicted molar refractivity (Wildman–Crippen MR) is 107 cm³/mol. The molecule has 0 spiro atoms. The van der Waals surface area contributed by atoms with Crippen LogP contribution in [0.3, 0.4) is 0 Å². The summed E-state index contributed by atoms with van der Waals surface area (Å²) in [5, 5.41) is 2.23. The van der Waals surface area contributed by atoms with E-state index in [0.29, 0.717) is 11.4 Å². The van der Waals surface area contributed by atoms with Gasteiger partial charge in [0.25, 0.3) is 0 Å². The van der Waals surface area contributed by atoms with Crippen LogP contribution in [0.4, 0.5) is 0 Å². The number of hydrogen-bond donors (Lipinski definition) is 0. The highest BCUT2D eigenvalue weighted by molar-refractivity contribution is 8.02. The van der Waals surface area contributed by atoms with Crippen molar-refractivity contribution in [2.24, 2.45) is 0 Å². The lowest BCUT2D eigenvalue weighted by atomic mass is 9.99. The van der Waals surface area contributed by atoms with Gasteiger partial charge in [-0.2, -0.15) is 0 Å². The van der Waals surface area contributed by atoms with Crippen LogP contribution in [0.15, 0.2) is 72.7 Å². The molecule has 132 valence electrons. The number of fused-ring (bicyclic) bond motifs is 1. The fourth-order valence-electron chi connectivity index (χ4n) is 4.02. The molecule has 1 saturated heterocycles. The molecule has 2 atom stereocenters. The van der Waals surface area contributed by atoms with Gasteiger partial charge in [0.1, 0.15) is 11.1 Å². The van der Waals surface area contributed by atoms with E-state index in [4.69, 9.17) is 0 Å². The van der Waals surface area contributed by atoms with Crippen molar-refractivity contribution in [1.82, 2.24) is 19.2 Å². The van der Waals surface area contributed by atoms with Gasteiger partial charge in [-0.15, -0.1) is 0 Å². The molecule has 5 heteroatoms. The zero-order chi connectivity index (χ0) is 17.3. The second-order valence-corrected chi connectivity index (χ2v) is 8.01. The minimum absolute atomic E-state index is 0.405. The Bertz CT molecular complexity index is 920. The topological polar surface area (TPSA) is 23.8 Å². The molecule has 2 aliphatic heterocycles. The Hall–Kier alpha value is -2.24. The summed E-state index contributed by atoms with van der Waals surface area (Å²) in [4.78, 5) is 9.41. The Morgan fingerprint density at radius 3 is 2.96 bits per heavy atom. The Kier molecular flexibility index (Phi) is 4.19. The third-order valence-corrected chi connectivity index (χ3v) is 6.45.